The van der Waals surface area contributed by atoms with Gasteiger partial charge in [0.1, 0.15) is 5.82 Å². The van der Waals surface area contributed by atoms with Crippen molar-refractivity contribution in [3.05, 3.63) is 23.9 Å². The quantitative estimate of drug-likeness (QED) is 0.837. The second-order valence-corrected chi connectivity index (χ2v) is 5.33. The summed E-state index contributed by atoms with van der Waals surface area (Å²) < 4.78 is 0. The Labute approximate surface area is 121 Å². The van der Waals surface area contributed by atoms with Crippen LogP contribution in [0.4, 0.5) is 5.82 Å². The van der Waals surface area contributed by atoms with Crippen LogP contribution in [0.3, 0.4) is 0 Å². The average molecular weight is 278 g/mol. The highest BCUT2D eigenvalue weighted by atomic mass is 16.3. The molecule has 0 radical (unpaired) electrons. The van der Waals surface area contributed by atoms with Crippen LogP contribution < -0.4 is 10.2 Å². The molecule has 1 aromatic heterocycles. The van der Waals surface area contributed by atoms with Crippen molar-refractivity contribution in [1.29, 1.82) is 0 Å². The van der Waals surface area contributed by atoms with Crippen molar-refractivity contribution in [3.8, 4) is 0 Å². The molecule has 1 aliphatic rings. The van der Waals surface area contributed by atoms with Crippen molar-refractivity contribution in [1.82, 2.24) is 15.2 Å². The summed E-state index contributed by atoms with van der Waals surface area (Å²) in [6, 6.07) is 4.46. The normalized spacial score (nSPS) is 18.9. The molecule has 0 aromatic carbocycles. The summed E-state index contributed by atoms with van der Waals surface area (Å²) in [6.07, 6.45) is 2.99. The summed E-state index contributed by atoms with van der Waals surface area (Å²) in [5.74, 6) is 1.10. The number of nitrogens with one attached hydrogen (secondary N) is 1. The Bertz CT molecular complexity index is 413. The summed E-state index contributed by atoms with van der Waals surface area (Å²) in [7, 11) is 1.98. The Balaban J connectivity index is 2.11. The van der Waals surface area contributed by atoms with E-state index in [-0.39, 0.29) is 6.61 Å². The lowest BCUT2D eigenvalue weighted by molar-refractivity contribution is 0.204. The highest BCUT2D eigenvalue weighted by Crippen LogP contribution is 2.24. The van der Waals surface area contributed by atoms with Gasteiger partial charge in [0.15, 0.2) is 0 Å². The fraction of sp³-hybridized carbons (Fsp3) is 0.667. The zero-order valence-electron chi connectivity index (χ0n) is 12.5. The molecule has 1 fully saturated rings. The first kappa shape index (κ1) is 15.2. The van der Waals surface area contributed by atoms with Gasteiger partial charge in [-0.15, -0.1) is 0 Å². The number of hydrogen-bond acceptors (Lipinski definition) is 5. The SMILES string of the molecule is CNC(C)c1cccnc1N1CCCN(CCO)CC1. The maximum absolute atomic E-state index is 9.07. The number of nitrogens with zero attached hydrogens (tertiary/aromatic N) is 3. The number of aromatic nitrogens is 1. The summed E-state index contributed by atoms with van der Waals surface area (Å²) in [4.78, 5) is 9.30. The van der Waals surface area contributed by atoms with Crippen LogP contribution in [0.25, 0.3) is 0 Å². The maximum atomic E-state index is 9.07. The van der Waals surface area contributed by atoms with Gasteiger partial charge in [-0.1, -0.05) is 6.07 Å². The molecule has 1 atom stereocenters. The molecule has 0 spiro atoms. The van der Waals surface area contributed by atoms with E-state index >= 15 is 0 Å². The third kappa shape index (κ3) is 3.69. The highest BCUT2D eigenvalue weighted by molar-refractivity contribution is 5.48. The second kappa shape index (κ2) is 7.57. The lowest BCUT2D eigenvalue weighted by Crippen LogP contribution is -2.33. The summed E-state index contributed by atoms with van der Waals surface area (Å²) >= 11 is 0. The van der Waals surface area contributed by atoms with Gasteiger partial charge < -0.3 is 15.3 Å². The van der Waals surface area contributed by atoms with Crippen molar-refractivity contribution < 1.29 is 5.11 Å². The molecule has 2 N–H and O–H groups in total. The monoisotopic (exact) mass is 278 g/mol. The standard InChI is InChI=1S/C15H26N4O/c1-13(16-2)14-5-3-6-17-15(14)19-8-4-7-18(9-10-19)11-12-20/h3,5-6,13,16,20H,4,7-12H2,1-2H3. The molecule has 0 amide bonds. The number of aliphatic hydroxyl groups excluding tert-OH is 1. The third-order valence-electron chi connectivity index (χ3n) is 4.02. The lowest BCUT2D eigenvalue weighted by atomic mass is 10.1. The first-order chi connectivity index (χ1) is 9.76. The minimum atomic E-state index is 0.242. The number of aliphatic hydroxyl groups is 1. The van der Waals surface area contributed by atoms with Crippen LogP contribution in [0, 0.1) is 0 Å². The minimum absolute atomic E-state index is 0.242. The smallest absolute Gasteiger partial charge is 0.133 e. The van der Waals surface area contributed by atoms with Gasteiger partial charge in [0.05, 0.1) is 6.61 Å². The van der Waals surface area contributed by atoms with Crippen LogP contribution in [0.15, 0.2) is 18.3 Å². The topological polar surface area (TPSA) is 51.6 Å². The zero-order valence-corrected chi connectivity index (χ0v) is 12.5. The van der Waals surface area contributed by atoms with Crippen molar-refractivity contribution >= 4 is 5.82 Å². The summed E-state index contributed by atoms with van der Waals surface area (Å²) in [5.41, 5.74) is 1.26. The Morgan fingerprint density at radius 3 is 2.95 bits per heavy atom. The number of pyridine rings is 1. The largest absolute Gasteiger partial charge is 0.395 e. The molecular weight excluding hydrogens is 252 g/mol. The molecule has 2 rings (SSSR count). The van der Waals surface area contributed by atoms with Crippen LogP contribution in [-0.4, -0.2) is 61.4 Å². The Hall–Kier alpha value is -1.17. The third-order valence-corrected chi connectivity index (χ3v) is 4.02. The van der Waals surface area contributed by atoms with Crippen molar-refractivity contribution in [3.63, 3.8) is 0 Å². The van der Waals surface area contributed by atoms with E-state index in [0.717, 1.165) is 45.0 Å². The fourth-order valence-corrected chi connectivity index (χ4v) is 2.71. The van der Waals surface area contributed by atoms with Crippen LogP contribution in [0.2, 0.25) is 0 Å². The van der Waals surface area contributed by atoms with E-state index in [1.165, 1.54) is 5.56 Å². The van der Waals surface area contributed by atoms with Gasteiger partial charge in [0.25, 0.3) is 0 Å². The Kier molecular flexibility index (Phi) is 5.76. The molecule has 1 unspecified atom stereocenters. The van der Waals surface area contributed by atoms with E-state index in [0.29, 0.717) is 6.04 Å². The van der Waals surface area contributed by atoms with E-state index in [1.807, 2.05) is 19.3 Å². The molecule has 2 heterocycles. The average Bonchev–Trinajstić information content (AvgIpc) is 2.72. The van der Waals surface area contributed by atoms with Crippen LogP contribution in [-0.2, 0) is 0 Å². The van der Waals surface area contributed by atoms with Gasteiger partial charge in [-0.2, -0.15) is 0 Å². The second-order valence-electron chi connectivity index (χ2n) is 5.33. The van der Waals surface area contributed by atoms with E-state index in [1.54, 1.807) is 0 Å². The molecule has 0 saturated carbocycles. The predicted molar refractivity (Wildman–Crippen MR) is 82.1 cm³/mol. The van der Waals surface area contributed by atoms with Crippen LogP contribution >= 0.6 is 0 Å². The molecule has 5 nitrogen and oxygen atoms in total. The zero-order chi connectivity index (χ0) is 14.4. The van der Waals surface area contributed by atoms with Gasteiger partial charge in [0.2, 0.25) is 0 Å². The summed E-state index contributed by atoms with van der Waals surface area (Å²) in [5, 5.41) is 12.4. The minimum Gasteiger partial charge on any atom is -0.395 e. The van der Waals surface area contributed by atoms with Crippen molar-refractivity contribution in [2.24, 2.45) is 0 Å². The molecule has 1 aliphatic heterocycles. The van der Waals surface area contributed by atoms with Crippen LogP contribution in [0.1, 0.15) is 24.9 Å². The van der Waals surface area contributed by atoms with Gasteiger partial charge in [0, 0.05) is 44.0 Å². The first-order valence-corrected chi connectivity index (χ1v) is 7.46. The fourth-order valence-electron chi connectivity index (χ4n) is 2.71. The Morgan fingerprint density at radius 1 is 1.35 bits per heavy atom. The first-order valence-electron chi connectivity index (χ1n) is 7.46. The number of hydrogen-bond donors (Lipinski definition) is 2. The van der Waals surface area contributed by atoms with E-state index in [2.05, 4.69) is 33.1 Å². The summed E-state index contributed by atoms with van der Waals surface area (Å²) in [6.45, 7) is 7.23. The van der Waals surface area contributed by atoms with Gasteiger partial charge >= 0.3 is 0 Å². The molecule has 20 heavy (non-hydrogen) atoms. The lowest BCUT2D eigenvalue weighted by Gasteiger charge is -2.26. The number of β-amino-alcohol motifs (C(OH)–C–C–N with tert-alkyl or cyclic N) is 1. The molecule has 0 aliphatic carbocycles. The van der Waals surface area contributed by atoms with E-state index in [4.69, 9.17) is 5.11 Å². The number of anilines is 1. The predicted octanol–water partition coefficient (Wildman–Crippen LogP) is 0.866. The molecule has 112 valence electrons. The molecule has 1 aromatic rings. The molecule has 1 saturated heterocycles. The van der Waals surface area contributed by atoms with Gasteiger partial charge in [-0.25, -0.2) is 4.98 Å². The van der Waals surface area contributed by atoms with Crippen molar-refractivity contribution in [2.45, 2.75) is 19.4 Å². The van der Waals surface area contributed by atoms with Gasteiger partial charge in [-0.05, 0) is 33.0 Å². The van der Waals surface area contributed by atoms with Crippen molar-refractivity contribution in [2.75, 3.05) is 51.3 Å². The molecule has 0 bridgehead atoms. The number of rotatable bonds is 5. The van der Waals surface area contributed by atoms with E-state index < -0.39 is 0 Å². The molecular formula is C15H26N4O. The highest BCUT2D eigenvalue weighted by Gasteiger charge is 2.19. The van der Waals surface area contributed by atoms with Gasteiger partial charge in [-0.3, -0.25) is 4.90 Å². The molecule has 5 heteroatoms. The van der Waals surface area contributed by atoms with E-state index in [9.17, 15) is 0 Å². The Morgan fingerprint density at radius 2 is 2.20 bits per heavy atom. The van der Waals surface area contributed by atoms with Crippen LogP contribution in [0.5, 0.6) is 0 Å². The maximum Gasteiger partial charge on any atom is 0.133 e.